The Kier molecular flexibility index (Phi) is 4.33. The van der Waals surface area contributed by atoms with Crippen molar-refractivity contribution in [3.05, 3.63) is 35.4 Å². The zero-order chi connectivity index (χ0) is 13.0. The van der Waals surface area contributed by atoms with E-state index in [1.165, 1.54) is 0 Å². The number of benzene rings is 1. The lowest BCUT2D eigenvalue weighted by Crippen LogP contribution is -2.35. The number of ether oxygens (including phenoxy) is 1. The fourth-order valence-corrected chi connectivity index (χ4v) is 2.10. The molecule has 0 spiro atoms. The Balaban J connectivity index is 1.90. The number of carbonyl (C=O) groups is 1. The second-order valence-corrected chi connectivity index (χ2v) is 4.81. The van der Waals surface area contributed by atoms with Gasteiger partial charge < -0.3 is 15.4 Å². The van der Waals surface area contributed by atoms with Gasteiger partial charge in [0.05, 0.1) is 5.56 Å². The van der Waals surface area contributed by atoms with Crippen molar-refractivity contribution in [3.63, 3.8) is 0 Å². The summed E-state index contributed by atoms with van der Waals surface area (Å²) in [5.74, 6) is -0.229. The van der Waals surface area contributed by atoms with Gasteiger partial charge in [-0.25, -0.2) is 4.79 Å². The third-order valence-corrected chi connectivity index (χ3v) is 3.36. The standard InChI is InChI=1S/C14H20N2O2/c1-16-8-6-13(7-9-16)18-14(17)12-4-2-11(10-15)3-5-12/h2-5,13H,6-10,15H2,1H3. The van der Waals surface area contributed by atoms with Crippen molar-refractivity contribution < 1.29 is 9.53 Å². The largest absolute Gasteiger partial charge is 0.459 e. The highest BCUT2D eigenvalue weighted by Crippen LogP contribution is 2.15. The molecular formula is C14H20N2O2. The van der Waals surface area contributed by atoms with E-state index in [9.17, 15) is 4.79 Å². The Morgan fingerprint density at radius 1 is 1.33 bits per heavy atom. The fraction of sp³-hybridized carbons (Fsp3) is 0.500. The highest BCUT2D eigenvalue weighted by molar-refractivity contribution is 5.89. The fourth-order valence-electron chi connectivity index (χ4n) is 2.10. The Labute approximate surface area is 108 Å². The molecule has 1 fully saturated rings. The van der Waals surface area contributed by atoms with Crippen molar-refractivity contribution in [2.24, 2.45) is 5.73 Å². The number of likely N-dealkylation sites (tertiary alicyclic amines) is 1. The highest BCUT2D eigenvalue weighted by atomic mass is 16.5. The van der Waals surface area contributed by atoms with Gasteiger partial charge in [-0.2, -0.15) is 0 Å². The smallest absolute Gasteiger partial charge is 0.338 e. The average molecular weight is 248 g/mol. The van der Waals surface area contributed by atoms with Crippen molar-refractivity contribution in [2.45, 2.75) is 25.5 Å². The predicted molar refractivity (Wildman–Crippen MR) is 70.3 cm³/mol. The molecule has 1 aromatic carbocycles. The van der Waals surface area contributed by atoms with Crippen molar-refractivity contribution >= 4 is 5.97 Å². The molecule has 4 nitrogen and oxygen atoms in total. The van der Waals surface area contributed by atoms with Gasteiger partial charge in [0.25, 0.3) is 0 Å². The lowest BCUT2D eigenvalue weighted by molar-refractivity contribution is 0.0139. The molecule has 0 unspecified atom stereocenters. The van der Waals surface area contributed by atoms with E-state index in [1.807, 2.05) is 12.1 Å². The second kappa shape index (κ2) is 5.98. The second-order valence-electron chi connectivity index (χ2n) is 4.81. The van der Waals surface area contributed by atoms with Crippen molar-refractivity contribution in [3.8, 4) is 0 Å². The summed E-state index contributed by atoms with van der Waals surface area (Å²) >= 11 is 0. The van der Waals surface area contributed by atoms with Gasteiger partial charge >= 0.3 is 5.97 Å². The SMILES string of the molecule is CN1CCC(OC(=O)c2ccc(CN)cc2)CC1. The highest BCUT2D eigenvalue weighted by Gasteiger charge is 2.20. The van der Waals surface area contributed by atoms with Gasteiger partial charge in [-0.1, -0.05) is 12.1 Å². The first-order valence-electron chi connectivity index (χ1n) is 6.37. The van der Waals surface area contributed by atoms with Crippen LogP contribution in [0.3, 0.4) is 0 Å². The first kappa shape index (κ1) is 13.1. The number of rotatable bonds is 3. The topological polar surface area (TPSA) is 55.6 Å². The molecular weight excluding hydrogens is 228 g/mol. The summed E-state index contributed by atoms with van der Waals surface area (Å²) in [4.78, 5) is 14.2. The molecule has 0 aromatic heterocycles. The monoisotopic (exact) mass is 248 g/mol. The summed E-state index contributed by atoms with van der Waals surface area (Å²) in [7, 11) is 2.09. The number of hydrogen-bond donors (Lipinski definition) is 1. The van der Waals surface area contributed by atoms with Crippen LogP contribution in [0.5, 0.6) is 0 Å². The van der Waals surface area contributed by atoms with Crippen LogP contribution < -0.4 is 5.73 Å². The molecule has 1 heterocycles. The molecule has 98 valence electrons. The molecule has 4 heteroatoms. The van der Waals surface area contributed by atoms with Crippen LogP contribution in [0, 0.1) is 0 Å². The molecule has 0 bridgehead atoms. The molecule has 0 radical (unpaired) electrons. The maximum Gasteiger partial charge on any atom is 0.338 e. The molecule has 2 rings (SSSR count). The van der Waals surface area contributed by atoms with E-state index in [0.29, 0.717) is 12.1 Å². The number of piperidine rings is 1. The maximum absolute atomic E-state index is 11.9. The van der Waals surface area contributed by atoms with Crippen LogP contribution in [0.4, 0.5) is 0 Å². The number of hydrogen-bond acceptors (Lipinski definition) is 4. The summed E-state index contributed by atoms with van der Waals surface area (Å²) in [5.41, 5.74) is 7.14. The number of carbonyl (C=O) groups excluding carboxylic acids is 1. The van der Waals surface area contributed by atoms with Crippen LogP contribution in [0.1, 0.15) is 28.8 Å². The third-order valence-electron chi connectivity index (χ3n) is 3.36. The lowest BCUT2D eigenvalue weighted by atomic mass is 10.1. The van der Waals surface area contributed by atoms with E-state index in [4.69, 9.17) is 10.5 Å². The number of nitrogens with two attached hydrogens (primary N) is 1. The van der Waals surface area contributed by atoms with E-state index >= 15 is 0 Å². The molecule has 0 atom stereocenters. The molecule has 0 saturated carbocycles. The molecule has 1 aliphatic rings. The van der Waals surface area contributed by atoms with Gasteiger partial charge in [0.1, 0.15) is 6.10 Å². The van der Waals surface area contributed by atoms with Crippen molar-refractivity contribution in [2.75, 3.05) is 20.1 Å². The predicted octanol–water partition coefficient (Wildman–Crippen LogP) is 1.40. The van der Waals surface area contributed by atoms with E-state index in [1.54, 1.807) is 12.1 Å². The minimum atomic E-state index is -0.229. The normalized spacial score (nSPS) is 17.7. The van der Waals surface area contributed by atoms with Crippen molar-refractivity contribution in [1.29, 1.82) is 0 Å². The zero-order valence-corrected chi connectivity index (χ0v) is 10.8. The third kappa shape index (κ3) is 3.31. The number of nitrogens with zero attached hydrogens (tertiary/aromatic N) is 1. The van der Waals surface area contributed by atoms with Gasteiger partial charge in [0.2, 0.25) is 0 Å². The first-order valence-corrected chi connectivity index (χ1v) is 6.37. The molecule has 2 N–H and O–H groups in total. The van der Waals surface area contributed by atoms with Crippen LogP contribution in [0.2, 0.25) is 0 Å². The van der Waals surface area contributed by atoms with Gasteiger partial charge in [0.15, 0.2) is 0 Å². The summed E-state index contributed by atoms with van der Waals surface area (Å²) in [6.07, 6.45) is 1.90. The molecule has 0 aliphatic carbocycles. The Bertz CT molecular complexity index is 395. The van der Waals surface area contributed by atoms with E-state index in [-0.39, 0.29) is 12.1 Å². The summed E-state index contributed by atoms with van der Waals surface area (Å²) in [5, 5.41) is 0. The van der Waals surface area contributed by atoms with E-state index in [2.05, 4.69) is 11.9 Å². The van der Waals surface area contributed by atoms with Crippen LogP contribution in [0.15, 0.2) is 24.3 Å². The van der Waals surface area contributed by atoms with Gasteiger partial charge in [-0.05, 0) is 37.6 Å². The number of esters is 1. The van der Waals surface area contributed by atoms with Crippen LogP contribution in [-0.4, -0.2) is 37.1 Å². The Morgan fingerprint density at radius 3 is 2.50 bits per heavy atom. The molecule has 1 saturated heterocycles. The Hall–Kier alpha value is -1.39. The van der Waals surface area contributed by atoms with E-state index < -0.39 is 0 Å². The summed E-state index contributed by atoms with van der Waals surface area (Å²) < 4.78 is 5.50. The molecule has 1 aromatic rings. The maximum atomic E-state index is 11.9. The van der Waals surface area contributed by atoms with Crippen LogP contribution >= 0.6 is 0 Å². The average Bonchev–Trinajstić information content (AvgIpc) is 2.41. The first-order chi connectivity index (χ1) is 8.69. The minimum Gasteiger partial charge on any atom is -0.459 e. The van der Waals surface area contributed by atoms with Gasteiger partial charge in [0, 0.05) is 19.6 Å². The summed E-state index contributed by atoms with van der Waals surface area (Å²) in [6, 6.07) is 7.29. The molecule has 18 heavy (non-hydrogen) atoms. The quantitative estimate of drug-likeness (QED) is 0.821. The Morgan fingerprint density at radius 2 is 1.94 bits per heavy atom. The minimum absolute atomic E-state index is 0.0582. The van der Waals surface area contributed by atoms with Crippen molar-refractivity contribution in [1.82, 2.24) is 4.90 Å². The lowest BCUT2D eigenvalue weighted by Gasteiger charge is -2.28. The van der Waals surface area contributed by atoms with Gasteiger partial charge in [-0.15, -0.1) is 0 Å². The van der Waals surface area contributed by atoms with E-state index in [0.717, 1.165) is 31.5 Å². The van der Waals surface area contributed by atoms with Crippen LogP contribution in [0.25, 0.3) is 0 Å². The van der Waals surface area contributed by atoms with Crippen LogP contribution in [-0.2, 0) is 11.3 Å². The molecule has 0 amide bonds. The summed E-state index contributed by atoms with van der Waals surface area (Å²) in [6.45, 7) is 2.47. The van der Waals surface area contributed by atoms with Gasteiger partial charge in [-0.3, -0.25) is 0 Å². The zero-order valence-electron chi connectivity index (χ0n) is 10.8. The molecule has 1 aliphatic heterocycles.